The Morgan fingerprint density at radius 3 is 1.00 bits per heavy atom. The van der Waals surface area contributed by atoms with Crippen molar-refractivity contribution in [1.29, 1.82) is 0 Å². The van der Waals surface area contributed by atoms with Crippen molar-refractivity contribution in [2.24, 2.45) is 0 Å². The third kappa shape index (κ3) is 11.1. The lowest BCUT2D eigenvalue weighted by molar-refractivity contribution is 0.754. The van der Waals surface area contributed by atoms with E-state index in [0.717, 1.165) is 167 Å². The van der Waals surface area contributed by atoms with Gasteiger partial charge in [0.15, 0.2) is 23.3 Å². The molecule has 4 aromatic heterocycles. The highest BCUT2D eigenvalue weighted by atomic mass is 15.2. The van der Waals surface area contributed by atoms with Gasteiger partial charge in [0.2, 0.25) is 0 Å². The molecule has 2 spiro atoms. The molecule has 2 aliphatic carbocycles. The summed E-state index contributed by atoms with van der Waals surface area (Å²) in [5, 5.41) is 6.45. The first-order valence-corrected chi connectivity index (χ1v) is 43.7. The topological polar surface area (TPSA) is 96.7 Å². The number of hydrogen-bond donors (Lipinski definition) is 0. The molecule has 18 aromatic carbocycles. The number of para-hydroxylation sites is 5. The lowest BCUT2D eigenvalue weighted by atomic mass is 9.64. The van der Waals surface area contributed by atoms with E-state index in [-0.39, 0.29) is 0 Å². The van der Waals surface area contributed by atoms with E-state index in [9.17, 15) is 0 Å². The van der Waals surface area contributed by atoms with Crippen LogP contribution in [-0.4, -0.2) is 34.9 Å². The van der Waals surface area contributed by atoms with E-state index in [4.69, 9.17) is 34.9 Å². The molecule has 22 aromatic rings. The number of rotatable bonds is 11. The number of aromatic nitrogens is 7. The van der Waals surface area contributed by atoms with Crippen LogP contribution in [0.2, 0.25) is 0 Å². The maximum atomic E-state index is 5.74. The van der Waals surface area contributed by atoms with Crippen LogP contribution in [0.3, 0.4) is 0 Å². The van der Waals surface area contributed by atoms with E-state index < -0.39 is 10.8 Å². The molecule has 594 valence electrons. The highest BCUT2D eigenvalue weighted by molar-refractivity contribution is 6.16. The lowest BCUT2D eigenvalue weighted by Crippen LogP contribution is -2.36. The standard InChI is InChI=1S/C119H73N9/c1-6-32-75(33-7-1)106-73-107(80-38-30-39-81(66-80)112-94-69-102-110(71-92(94)90-50-20-27-57-104(90)120-112)127(84-42-12-4-13-43-84)108-59-29-26-56-100(108)118(102)96-52-22-16-46-86(96)87-47-17-23-53-97(87)118)123-114(122-106)78-62-60-74(61-63-78)79-64-65-109-101(68-79)119(98-54-24-18-48-88(98)89-49-19-25-55-99(89)119)103-70-95-93(72-111(103)128(109)85-44-14-5-15-45-85)91-51-21-28-58-105(91)121-113(95)82-40-31-41-83(67-82)117-125-115(76-34-8-2-9-35-76)124-116(126-117)77-36-10-3-11-37-77/h1-73H. The molecular weight excluding hydrogens is 1560 g/mol. The summed E-state index contributed by atoms with van der Waals surface area (Å²) in [7, 11) is 0. The molecule has 6 heterocycles. The third-order valence-electron chi connectivity index (χ3n) is 26.8. The molecule has 9 heteroatoms. The first-order chi connectivity index (χ1) is 63.4. The van der Waals surface area contributed by atoms with Crippen molar-refractivity contribution < 1.29 is 0 Å². The molecule has 0 amide bonds. The molecule has 0 N–H and O–H groups in total. The zero-order valence-electron chi connectivity index (χ0n) is 69.2. The third-order valence-corrected chi connectivity index (χ3v) is 26.8. The Kier molecular flexibility index (Phi) is 16.3. The van der Waals surface area contributed by atoms with Gasteiger partial charge in [-0.05, 0) is 186 Å². The molecule has 4 aliphatic rings. The van der Waals surface area contributed by atoms with Crippen LogP contribution in [0.5, 0.6) is 0 Å². The number of fused-ring (bicyclic) bond motifs is 24. The molecule has 0 unspecified atom stereocenters. The number of pyridine rings is 2. The van der Waals surface area contributed by atoms with E-state index in [1.54, 1.807) is 0 Å². The van der Waals surface area contributed by atoms with Gasteiger partial charge in [0.05, 0.1) is 67.4 Å². The van der Waals surface area contributed by atoms with Crippen LogP contribution >= 0.6 is 0 Å². The van der Waals surface area contributed by atoms with Crippen LogP contribution in [0.1, 0.15) is 44.5 Å². The van der Waals surface area contributed by atoms with Crippen LogP contribution in [0.15, 0.2) is 443 Å². The highest BCUT2D eigenvalue weighted by Crippen LogP contribution is 2.67. The van der Waals surface area contributed by atoms with Crippen molar-refractivity contribution >= 4 is 77.5 Å². The lowest BCUT2D eigenvalue weighted by Gasteiger charge is -2.45. The molecule has 0 atom stereocenters. The molecule has 0 saturated carbocycles. The monoisotopic (exact) mass is 1630 g/mol. The van der Waals surface area contributed by atoms with Crippen LogP contribution < -0.4 is 9.80 Å². The van der Waals surface area contributed by atoms with Gasteiger partial charge < -0.3 is 9.80 Å². The second-order valence-electron chi connectivity index (χ2n) is 33.7. The molecule has 0 fully saturated rings. The van der Waals surface area contributed by atoms with Crippen LogP contribution in [0, 0.1) is 0 Å². The van der Waals surface area contributed by atoms with Gasteiger partial charge in [-0.15, -0.1) is 0 Å². The number of benzene rings is 18. The minimum atomic E-state index is -0.837. The van der Waals surface area contributed by atoms with Gasteiger partial charge in [0, 0.05) is 77.4 Å². The summed E-state index contributed by atoms with van der Waals surface area (Å²) in [6.45, 7) is 0. The van der Waals surface area contributed by atoms with Crippen molar-refractivity contribution in [2.45, 2.75) is 10.8 Å². The summed E-state index contributed by atoms with van der Waals surface area (Å²) >= 11 is 0. The molecule has 0 saturated heterocycles. The van der Waals surface area contributed by atoms with Crippen molar-refractivity contribution in [1.82, 2.24) is 34.9 Å². The van der Waals surface area contributed by atoms with Gasteiger partial charge in [-0.25, -0.2) is 34.9 Å². The van der Waals surface area contributed by atoms with Crippen molar-refractivity contribution in [2.75, 3.05) is 9.80 Å². The maximum absolute atomic E-state index is 5.74. The zero-order valence-corrected chi connectivity index (χ0v) is 69.2. The molecule has 128 heavy (non-hydrogen) atoms. The fourth-order valence-electron chi connectivity index (χ4n) is 21.3. The predicted octanol–water partition coefficient (Wildman–Crippen LogP) is 29.4. The minimum Gasteiger partial charge on any atom is -0.310 e. The average molecular weight is 1630 g/mol. The summed E-state index contributed by atoms with van der Waals surface area (Å²) in [4.78, 5) is 43.1. The maximum Gasteiger partial charge on any atom is 0.164 e. The van der Waals surface area contributed by atoms with Crippen molar-refractivity contribution in [3.8, 4) is 124 Å². The molecular formula is C119H73N9. The second-order valence-corrected chi connectivity index (χ2v) is 33.7. The first-order valence-electron chi connectivity index (χ1n) is 43.7. The Balaban J connectivity index is 0.626. The first kappa shape index (κ1) is 72.6. The smallest absolute Gasteiger partial charge is 0.164 e. The number of hydrogen-bond acceptors (Lipinski definition) is 9. The van der Waals surface area contributed by atoms with Crippen molar-refractivity contribution in [3.05, 3.63) is 487 Å². The largest absolute Gasteiger partial charge is 0.310 e. The van der Waals surface area contributed by atoms with Gasteiger partial charge in [-0.2, -0.15) is 0 Å². The summed E-state index contributed by atoms with van der Waals surface area (Å²) in [5.74, 6) is 2.39. The van der Waals surface area contributed by atoms with Gasteiger partial charge >= 0.3 is 0 Å². The Morgan fingerprint density at radius 2 is 0.500 bits per heavy atom. The van der Waals surface area contributed by atoms with E-state index >= 15 is 0 Å². The van der Waals surface area contributed by atoms with E-state index in [1.807, 2.05) is 36.4 Å². The fraction of sp³-hybridized carbons (Fsp3) is 0.0168. The number of nitrogens with zero attached hydrogens (tertiary/aromatic N) is 9. The SMILES string of the molecule is c1ccc(-c2cc(-c3cccc(-c4nc5ccccc5c5cc6c(cc45)C4(c5ccccc5-c5ccccc54)c4ccccc4N6c4ccccc4)c3)nc(-c3ccc(-c4ccc5c(c4)C4(c6ccccc6-c6ccccc64)c4cc6c(-c7cccc(-c8nc(-c9ccccc9)nc(-c9ccccc9)n8)c7)nc7ccccc7c6cc4N5c4ccccc4)cc3)n2)cc1. The van der Waals surface area contributed by atoms with Crippen LogP contribution in [0.4, 0.5) is 34.1 Å². The van der Waals surface area contributed by atoms with Crippen molar-refractivity contribution in [3.63, 3.8) is 0 Å². The summed E-state index contributed by atoms with van der Waals surface area (Å²) < 4.78 is 0. The highest BCUT2D eigenvalue weighted by Gasteiger charge is 2.54. The second kappa shape index (κ2) is 28.8. The minimum absolute atomic E-state index is 0.571. The molecule has 0 radical (unpaired) electrons. The quantitative estimate of drug-likeness (QED) is 0.117. The van der Waals surface area contributed by atoms with Gasteiger partial charge in [0.1, 0.15) is 0 Å². The molecule has 26 rings (SSSR count). The Bertz CT molecular complexity index is 8180. The molecule has 0 bridgehead atoms. The Hall–Kier alpha value is -17.0. The van der Waals surface area contributed by atoms with Gasteiger partial charge in [0.25, 0.3) is 0 Å². The van der Waals surface area contributed by atoms with E-state index in [2.05, 4.69) is 416 Å². The van der Waals surface area contributed by atoms with E-state index in [1.165, 1.54) is 55.6 Å². The Morgan fingerprint density at radius 1 is 0.164 bits per heavy atom. The van der Waals surface area contributed by atoms with Crippen LogP contribution in [0.25, 0.3) is 167 Å². The van der Waals surface area contributed by atoms with E-state index in [0.29, 0.717) is 23.3 Å². The summed E-state index contributed by atoms with van der Waals surface area (Å²) in [5.41, 5.74) is 34.4. The van der Waals surface area contributed by atoms with Gasteiger partial charge in [-0.3, -0.25) is 0 Å². The van der Waals surface area contributed by atoms with Crippen LogP contribution in [-0.2, 0) is 10.8 Å². The molecule has 9 nitrogen and oxygen atoms in total. The fourth-order valence-corrected chi connectivity index (χ4v) is 21.3. The zero-order chi connectivity index (χ0) is 84.1. The average Bonchev–Trinajstić information content (AvgIpc) is 1.46. The van der Waals surface area contributed by atoms with Gasteiger partial charge in [-0.1, -0.05) is 346 Å². The summed E-state index contributed by atoms with van der Waals surface area (Å²) in [6.07, 6.45) is 0. The Labute approximate surface area is 739 Å². The molecule has 2 aliphatic heterocycles. The predicted molar refractivity (Wildman–Crippen MR) is 521 cm³/mol. The number of anilines is 6. The normalized spacial score (nSPS) is 13.2. The summed E-state index contributed by atoms with van der Waals surface area (Å²) in [6, 6.07) is 161.